The molecule has 1 aromatic rings. The molecule has 1 aliphatic heterocycles. The third kappa shape index (κ3) is 4.21. The molecule has 0 radical (unpaired) electrons. The number of hydrogen-bond acceptors (Lipinski definition) is 5. The molecular formula is C20H28NO4-. The van der Waals surface area contributed by atoms with E-state index in [1.165, 1.54) is 0 Å². The number of hydrogen-bond donors (Lipinski definition) is 0. The van der Waals surface area contributed by atoms with Gasteiger partial charge in [-0.05, 0) is 50.0 Å². The van der Waals surface area contributed by atoms with Gasteiger partial charge in [0.2, 0.25) is 0 Å². The highest BCUT2D eigenvalue weighted by Gasteiger charge is 2.41. The normalized spacial score (nSPS) is 18.8. The lowest BCUT2D eigenvalue weighted by Gasteiger charge is -2.40. The molecule has 1 saturated heterocycles. The molecule has 0 aromatic heterocycles. The van der Waals surface area contributed by atoms with Crippen LogP contribution in [0.4, 0.5) is 4.79 Å². The molecule has 0 aliphatic carbocycles. The number of Topliss-reactive ketones (excluding diaryl/α,β-unsaturated/α-hetero) is 1. The van der Waals surface area contributed by atoms with E-state index in [-0.39, 0.29) is 11.7 Å². The van der Waals surface area contributed by atoms with E-state index >= 15 is 0 Å². The second-order valence-electron chi connectivity index (χ2n) is 7.32. The van der Waals surface area contributed by atoms with Crippen molar-refractivity contribution in [2.24, 2.45) is 5.92 Å². The van der Waals surface area contributed by atoms with Crippen LogP contribution in [0.1, 0.15) is 57.3 Å². The van der Waals surface area contributed by atoms with Crippen molar-refractivity contribution < 1.29 is 19.4 Å². The largest absolute Gasteiger partial charge is 0.541 e. The van der Waals surface area contributed by atoms with Gasteiger partial charge in [-0.25, -0.2) is 0 Å². The lowest BCUT2D eigenvalue weighted by molar-refractivity contribution is -0.289. The Kier molecular flexibility index (Phi) is 6.22. The Balaban J connectivity index is 2.43. The molecule has 1 fully saturated rings. The summed E-state index contributed by atoms with van der Waals surface area (Å²) in [6.07, 6.45) is -0.0506. The van der Waals surface area contributed by atoms with Crippen LogP contribution in [-0.4, -0.2) is 37.0 Å². The first-order chi connectivity index (χ1) is 11.8. The van der Waals surface area contributed by atoms with Gasteiger partial charge >= 0.3 is 0 Å². The zero-order valence-electron chi connectivity index (χ0n) is 15.6. The van der Waals surface area contributed by atoms with Crippen LogP contribution in [0.15, 0.2) is 24.3 Å². The summed E-state index contributed by atoms with van der Waals surface area (Å²) in [5.74, 6) is 0.225. The zero-order valence-corrected chi connectivity index (χ0v) is 15.6. The van der Waals surface area contributed by atoms with Gasteiger partial charge in [0, 0.05) is 6.42 Å². The molecule has 1 aromatic carbocycles. The van der Waals surface area contributed by atoms with E-state index in [2.05, 4.69) is 11.9 Å². The minimum Gasteiger partial charge on any atom is -0.541 e. The number of carbonyl (C=O) groups is 2. The zero-order chi connectivity index (χ0) is 18.6. The minimum absolute atomic E-state index is 0.0246. The van der Waals surface area contributed by atoms with Gasteiger partial charge in [-0.3, -0.25) is 4.79 Å². The van der Waals surface area contributed by atoms with Crippen LogP contribution in [0.25, 0.3) is 0 Å². The molecule has 1 atom stereocenters. The second kappa shape index (κ2) is 8.00. The van der Waals surface area contributed by atoms with Gasteiger partial charge in [-0.2, -0.15) is 0 Å². The first-order valence-electron chi connectivity index (χ1n) is 9.00. The molecule has 5 heteroatoms. The summed E-state index contributed by atoms with van der Waals surface area (Å²) >= 11 is 0. The summed E-state index contributed by atoms with van der Waals surface area (Å²) in [7, 11) is 2.07. The van der Waals surface area contributed by atoms with E-state index in [0.29, 0.717) is 6.42 Å². The monoisotopic (exact) mass is 346 g/mol. The summed E-state index contributed by atoms with van der Waals surface area (Å²) < 4.78 is 4.99. The van der Waals surface area contributed by atoms with Crippen molar-refractivity contribution in [1.82, 2.24) is 4.90 Å². The van der Waals surface area contributed by atoms with Crippen molar-refractivity contribution in [3.63, 3.8) is 0 Å². The van der Waals surface area contributed by atoms with Gasteiger partial charge in [-0.15, -0.1) is 0 Å². The summed E-state index contributed by atoms with van der Waals surface area (Å²) in [5.41, 5.74) is 1.26. The Morgan fingerprint density at radius 2 is 1.92 bits per heavy atom. The van der Waals surface area contributed by atoms with Gasteiger partial charge in [0.25, 0.3) is 6.16 Å². The number of benzene rings is 1. The van der Waals surface area contributed by atoms with Crippen molar-refractivity contribution in [2.75, 3.05) is 20.1 Å². The Morgan fingerprint density at radius 1 is 1.28 bits per heavy atom. The Bertz CT molecular complexity index is 618. The summed E-state index contributed by atoms with van der Waals surface area (Å²) in [5, 5.41) is 10.9. The molecule has 2 rings (SSSR count). The number of carbonyl (C=O) groups excluding carboxylic acids is 2. The number of likely N-dealkylation sites (tertiary alicyclic amines) is 1. The van der Waals surface area contributed by atoms with Crippen LogP contribution in [0.5, 0.6) is 0 Å². The predicted molar refractivity (Wildman–Crippen MR) is 94.2 cm³/mol. The van der Waals surface area contributed by atoms with Gasteiger partial charge < -0.3 is 19.5 Å². The molecule has 0 spiro atoms. The van der Waals surface area contributed by atoms with Crippen molar-refractivity contribution in [3.05, 3.63) is 35.4 Å². The molecule has 0 bridgehead atoms. The molecular weight excluding hydrogens is 318 g/mol. The molecule has 0 saturated carbocycles. The molecule has 138 valence electrons. The van der Waals surface area contributed by atoms with E-state index in [1.54, 1.807) is 0 Å². The Hall–Kier alpha value is -1.88. The third-order valence-electron chi connectivity index (χ3n) is 5.29. The average molecular weight is 346 g/mol. The molecule has 1 unspecified atom stereocenters. The maximum atomic E-state index is 12.8. The highest BCUT2D eigenvalue weighted by molar-refractivity contribution is 5.90. The number of ketones is 1. The van der Waals surface area contributed by atoms with Crippen LogP contribution < -0.4 is 5.11 Å². The van der Waals surface area contributed by atoms with E-state index in [9.17, 15) is 14.7 Å². The summed E-state index contributed by atoms with van der Waals surface area (Å²) in [6.45, 7) is 7.46. The van der Waals surface area contributed by atoms with E-state index in [1.807, 2.05) is 45.0 Å². The highest BCUT2D eigenvalue weighted by Crippen LogP contribution is 2.39. The number of nitrogens with zero attached hydrogens (tertiary/aromatic N) is 1. The van der Waals surface area contributed by atoms with Crippen LogP contribution >= 0.6 is 0 Å². The van der Waals surface area contributed by atoms with Crippen molar-refractivity contribution in [2.45, 2.75) is 51.6 Å². The number of piperidine rings is 1. The van der Waals surface area contributed by atoms with Crippen LogP contribution in [0, 0.1) is 5.92 Å². The fraction of sp³-hybridized carbons (Fsp3) is 0.600. The molecule has 25 heavy (non-hydrogen) atoms. The van der Waals surface area contributed by atoms with E-state index in [0.717, 1.165) is 37.1 Å². The molecule has 1 heterocycles. The standard InChI is InChI=1S/C20H29NO4/c1-5-17(22)20(9-11-21(4)12-10-20)16-8-6-7-15(13-16)18(14(2)3)25-19(23)24/h6-8,13-14,18H,5,9-12H2,1-4H3,(H,23,24)/p-1. The lowest BCUT2D eigenvalue weighted by atomic mass is 9.68. The number of rotatable bonds is 6. The Morgan fingerprint density at radius 3 is 2.44 bits per heavy atom. The first-order valence-corrected chi connectivity index (χ1v) is 9.00. The summed E-state index contributed by atoms with van der Waals surface area (Å²) in [6, 6.07) is 7.68. The topological polar surface area (TPSA) is 69.7 Å². The van der Waals surface area contributed by atoms with E-state index < -0.39 is 17.7 Å². The predicted octanol–water partition coefficient (Wildman–Crippen LogP) is 2.69. The SMILES string of the molecule is CCC(=O)C1(c2cccc(C(OC(=O)[O-])C(C)C)c2)CCN(C)CC1. The fourth-order valence-electron chi connectivity index (χ4n) is 3.77. The Labute approximate surface area is 150 Å². The van der Waals surface area contributed by atoms with E-state index in [4.69, 9.17) is 4.74 Å². The maximum absolute atomic E-state index is 12.8. The van der Waals surface area contributed by atoms with Gasteiger partial charge in [0.1, 0.15) is 5.78 Å². The van der Waals surface area contributed by atoms with Crippen molar-refractivity contribution in [1.29, 1.82) is 0 Å². The van der Waals surface area contributed by atoms with Crippen LogP contribution in [0.3, 0.4) is 0 Å². The number of carboxylic acid groups (broad SMARTS) is 1. The fourth-order valence-corrected chi connectivity index (χ4v) is 3.77. The second-order valence-corrected chi connectivity index (χ2v) is 7.32. The van der Waals surface area contributed by atoms with Crippen LogP contribution in [-0.2, 0) is 14.9 Å². The lowest BCUT2D eigenvalue weighted by Crippen LogP contribution is -2.46. The van der Waals surface area contributed by atoms with Gasteiger partial charge in [0.05, 0.1) is 11.5 Å². The smallest absolute Gasteiger partial charge is 0.252 e. The summed E-state index contributed by atoms with van der Waals surface area (Å²) in [4.78, 5) is 26.0. The quantitative estimate of drug-likeness (QED) is 0.741. The highest BCUT2D eigenvalue weighted by atomic mass is 16.7. The van der Waals surface area contributed by atoms with Gasteiger partial charge in [-0.1, -0.05) is 45.0 Å². The molecule has 0 N–H and O–H groups in total. The van der Waals surface area contributed by atoms with Gasteiger partial charge in [0.15, 0.2) is 0 Å². The molecule has 1 aliphatic rings. The first kappa shape index (κ1) is 19.4. The van der Waals surface area contributed by atoms with Crippen molar-refractivity contribution in [3.8, 4) is 0 Å². The average Bonchev–Trinajstić information content (AvgIpc) is 2.59. The third-order valence-corrected chi connectivity index (χ3v) is 5.29. The number of ether oxygens (including phenoxy) is 1. The molecule has 5 nitrogen and oxygen atoms in total. The maximum Gasteiger partial charge on any atom is 0.252 e. The van der Waals surface area contributed by atoms with Crippen LogP contribution in [0.2, 0.25) is 0 Å². The van der Waals surface area contributed by atoms with Crippen molar-refractivity contribution >= 4 is 11.9 Å². The molecule has 0 amide bonds. The minimum atomic E-state index is -1.53.